The van der Waals surface area contributed by atoms with Crippen LogP contribution in [0.3, 0.4) is 0 Å². The Balaban J connectivity index is 2.14. The van der Waals surface area contributed by atoms with Crippen LogP contribution < -0.4 is 5.32 Å². The zero-order chi connectivity index (χ0) is 9.97. The molecule has 2 rings (SSSR count). The number of aliphatic hydroxyl groups is 2. The Hall–Kier alpha value is -0.900. The lowest BCUT2D eigenvalue weighted by Crippen LogP contribution is -2.34. The second kappa shape index (κ2) is 4.09. The molecule has 1 saturated heterocycles. The van der Waals surface area contributed by atoms with Gasteiger partial charge in [0.1, 0.15) is 0 Å². The SMILES string of the molecule is OC[C@@H]1NC[C@H](c2ccccc2)[C@H]1O. The Morgan fingerprint density at radius 2 is 2.00 bits per heavy atom. The second-order valence-electron chi connectivity index (χ2n) is 3.71. The highest BCUT2D eigenvalue weighted by molar-refractivity contribution is 5.23. The molecule has 1 aromatic carbocycles. The molecule has 1 aliphatic rings. The molecular weight excluding hydrogens is 178 g/mol. The van der Waals surface area contributed by atoms with Crippen molar-refractivity contribution in [2.45, 2.75) is 18.1 Å². The number of hydrogen-bond donors (Lipinski definition) is 3. The van der Waals surface area contributed by atoms with E-state index in [9.17, 15) is 5.11 Å². The monoisotopic (exact) mass is 193 g/mol. The lowest BCUT2D eigenvalue weighted by atomic mass is 9.94. The van der Waals surface area contributed by atoms with Gasteiger partial charge in [0, 0.05) is 12.5 Å². The molecule has 0 spiro atoms. The summed E-state index contributed by atoms with van der Waals surface area (Å²) in [6.45, 7) is 0.723. The minimum Gasteiger partial charge on any atom is -0.395 e. The van der Waals surface area contributed by atoms with Gasteiger partial charge in [-0.3, -0.25) is 0 Å². The van der Waals surface area contributed by atoms with Crippen molar-refractivity contribution in [2.75, 3.05) is 13.2 Å². The van der Waals surface area contributed by atoms with Gasteiger partial charge >= 0.3 is 0 Å². The molecule has 0 aliphatic carbocycles. The molecule has 76 valence electrons. The first kappa shape index (κ1) is 9.65. The van der Waals surface area contributed by atoms with Crippen LogP contribution in [0, 0.1) is 0 Å². The predicted octanol–water partition coefficient (Wildman–Crippen LogP) is 0.0952. The molecule has 0 saturated carbocycles. The van der Waals surface area contributed by atoms with E-state index in [4.69, 9.17) is 5.11 Å². The van der Waals surface area contributed by atoms with Gasteiger partial charge in [0.25, 0.3) is 0 Å². The average Bonchev–Trinajstić information content (AvgIpc) is 2.61. The summed E-state index contributed by atoms with van der Waals surface area (Å²) >= 11 is 0. The minimum absolute atomic E-state index is 0.00942. The normalized spacial score (nSPS) is 32.0. The fourth-order valence-electron chi connectivity index (χ4n) is 1.99. The molecule has 3 atom stereocenters. The highest BCUT2D eigenvalue weighted by atomic mass is 16.3. The Morgan fingerprint density at radius 3 is 2.57 bits per heavy atom. The lowest BCUT2D eigenvalue weighted by Gasteiger charge is -2.16. The van der Waals surface area contributed by atoms with E-state index < -0.39 is 6.10 Å². The number of hydrogen-bond acceptors (Lipinski definition) is 3. The van der Waals surface area contributed by atoms with Crippen molar-refractivity contribution in [3.05, 3.63) is 35.9 Å². The largest absolute Gasteiger partial charge is 0.395 e. The Bertz CT molecular complexity index is 289. The highest BCUT2D eigenvalue weighted by Crippen LogP contribution is 2.25. The zero-order valence-electron chi connectivity index (χ0n) is 7.93. The highest BCUT2D eigenvalue weighted by Gasteiger charge is 2.34. The fraction of sp³-hybridized carbons (Fsp3) is 0.455. The van der Waals surface area contributed by atoms with Crippen LogP contribution in [0.1, 0.15) is 11.5 Å². The molecule has 3 heteroatoms. The number of nitrogens with one attached hydrogen (secondary N) is 1. The van der Waals surface area contributed by atoms with E-state index >= 15 is 0 Å². The molecule has 0 bridgehead atoms. The van der Waals surface area contributed by atoms with Gasteiger partial charge in [-0.15, -0.1) is 0 Å². The van der Waals surface area contributed by atoms with E-state index in [1.807, 2.05) is 30.3 Å². The van der Waals surface area contributed by atoms with E-state index in [0.717, 1.165) is 12.1 Å². The van der Waals surface area contributed by atoms with Crippen molar-refractivity contribution >= 4 is 0 Å². The number of rotatable bonds is 2. The maximum absolute atomic E-state index is 9.88. The summed E-state index contributed by atoms with van der Waals surface area (Å²) in [5, 5.41) is 22.0. The lowest BCUT2D eigenvalue weighted by molar-refractivity contribution is 0.110. The van der Waals surface area contributed by atoms with Crippen molar-refractivity contribution in [1.82, 2.24) is 5.32 Å². The van der Waals surface area contributed by atoms with Gasteiger partial charge in [0.2, 0.25) is 0 Å². The summed E-state index contributed by atoms with van der Waals surface area (Å²) in [5.41, 5.74) is 1.13. The predicted molar refractivity (Wildman–Crippen MR) is 54.1 cm³/mol. The minimum atomic E-state index is -0.484. The molecule has 3 nitrogen and oxygen atoms in total. The van der Waals surface area contributed by atoms with Crippen molar-refractivity contribution in [3.8, 4) is 0 Å². The molecule has 1 aromatic rings. The molecule has 14 heavy (non-hydrogen) atoms. The van der Waals surface area contributed by atoms with Crippen molar-refractivity contribution in [3.63, 3.8) is 0 Å². The van der Waals surface area contributed by atoms with Gasteiger partial charge < -0.3 is 15.5 Å². The summed E-state index contributed by atoms with van der Waals surface area (Å²) < 4.78 is 0. The first-order valence-electron chi connectivity index (χ1n) is 4.90. The molecule has 1 heterocycles. The molecule has 0 amide bonds. The molecule has 3 N–H and O–H groups in total. The van der Waals surface area contributed by atoms with Gasteiger partial charge in [0.15, 0.2) is 0 Å². The summed E-state index contributed by atoms with van der Waals surface area (Å²) in [5.74, 6) is 0.105. The Kier molecular flexibility index (Phi) is 2.82. The van der Waals surface area contributed by atoms with E-state index in [-0.39, 0.29) is 18.6 Å². The summed E-state index contributed by atoms with van der Waals surface area (Å²) in [7, 11) is 0. The van der Waals surface area contributed by atoms with E-state index in [1.54, 1.807) is 0 Å². The zero-order valence-corrected chi connectivity index (χ0v) is 7.93. The van der Waals surface area contributed by atoms with Crippen LogP contribution >= 0.6 is 0 Å². The molecule has 0 unspecified atom stereocenters. The smallest absolute Gasteiger partial charge is 0.0796 e. The van der Waals surface area contributed by atoms with Gasteiger partial charge in [-0.1, -0.05) is 30.3 Å². The summed E-state index contributed by atoms with van der Waals surface area (Å²) in [4.78, 5) is 0. The average molecular weight is 193 g/mol. The van der Waals surface area contributed by atoms with Crippen LogP contribution in [0.5, 0.6) is 0 Å². The molecule has 0 aromatic heterocycles. The van der Waals surface area contributed by atoms with Crippen LogP contribution in [-0.2, 0) is 0 Å². The van der Waals surface area contributed by atoms with Crippen LogP contribution in [0.2, 0.25) is 0 Å². The summed E-state index contributed by atoms with van der Waals surface area (Å²) in [6.07, 6.45) is -0.484. The van der Waals surface area contributed by atoms with E-state index in [2.05, 4.69) is 5.32 Å². The van der Waals surface area contributed by atoms with Crippen LogP contribution in [0.15, 0.2) is 30.3 Å². The molecule has 0 radical (unpaired) electrons. The molecular formula is C11H15NO2. The van der Waals surface area contributed by atoms with Gasteiger partial charge in [-0.2, -0.15) is 0 Å². The third-order valence-electron chi connectivity index (χ3n) is 2.85. The Labute approximate surface area is 83.4 Å². The fourth-order valence-corrected chi connectivity index (χ4v) is 1.99. The van der Waals surface area contributed by atoms with Gasteiger partial charge in [0.05, 0.1) is 18.8 Å². The third-order valence-corrected chi connectivity index (χ3v) is 2.85. The first-order chi connectivity index (χ1) is 6.83. The second-order valence-corrected chi connectivity index (χ2v) is 3.71. The van der Waals surface area contributed by atoms with Gasteiger partial charge in [-0.25, -0.2) is 0 Å². The topological polar surface area (TPSA) is 52.5 Å². The number of aliphatic hydroxyl groups excluding tert-OH is 2. The standard InChI is InChI=1S/C11H15NO2/c13-7-10-11(14)9(6-12-10)8-4-2-1-3-5-8/h1-5,9-14H,6-7H2/t9-,10+,11-/m1/s1. The van der Waals surface area contributed by atoms with Crippen molar-refractivity contribution < 1.29 is 10.2 Å². The van der Waals surface area contributed by atoms with E-state index in [0.29, 0.717) is 0 Å². The maximum atomic E-state index is 9.88. The van der Waals surface area contributed by atoms with Gasteiger partial charge in [-0.05, 0) is 5.56 Å². The quantitative estimate of drug-likeness (QED) is 0.624. The summed E-state index contributed by atoms with van der Waals surface area (Å²) in [6, 6.07) is 9.73. The van der Waals surface area contributed by atoms with E-state index in [1.165, 1.54) is 0 Å². The third kappa shape index (κ3) is 1.66. The van der Waals surface area contributed by atoms with Crippen LogP contribution in [-0.4, -0.2) is 35.5 Å². The molecule has 1 aliphatic heterocycles. The van der Waals surface area contributed by atoms with Crippen molar-refractivity contribution in [2.24, 2.45) is 0 Å². The Morgan fingerprint density at radius 1 is 1.29 bits per heavy atom. The first-order valence-corrected chi connectivity index (χ1v) is 4.90. The maximum Gasteiger partial charge on any atom is 0.0796 e. The number of benzene rings is 1. The van der Waals surface area contributed by atoms with Crippen LogP contribution in [0.25, 0.3) is 0 Å². The molecule has 1 fully saturated rings. The van der Waals surface area contributed by atoms with Crippen molar-refractivity contribution in [1.29, 1.82) is 0 Å². The van der Waals surface area contributed by atoms with Crippen LogP contribution in [0.4, 0.5) is 0 Å².